The molecule has 0 radical (unpaired) electrons. The fourth-order valence-electron chi connectivity index (χ4n) is 3.22. The van der Waals surface area contributed by atoms with E-state index >= 15 is 0 Å². The zero-order valence-corrected chi connectivity index (χ0v) is 24.9. The Balaban J connectivity index is 1.60. The van der Waals surface area contributed by atoms with Crippen molar-refractivity contribution in [1.29, 1.82) is 0 Å². The molecule has 0 spiro atoms. The Morgan fingerprint density at radius 3 is 2.29 bits per heavy atom. The summed E-state index contributed by atoms with van der Waals surface area (Å²) in [5.41, 5.74) is 5.06. The molecule has 2 N–H and O–H groups in total. The largest absolute Gasteiger partial charge is 0.490 e. The van der Waals surface area contributed by atoms with Gasteiger partial charge in [0.15, 0.2) is 18.1 Å². The van der Waals surface area contributed by atoms with Crippen molar-refractivity contribution < 1.29 is 23.8 Å². The topological polar surface area (TPSA) is 98.3 Å². The average Bonchev–Trinajstić information content (AvgIpc) is 2.87. The second kappa shape index (κ2) is 14.2. The molecule has 0 unspecified atom stereocenters. The minimum Gasteiger partial charge on any atom is -0.490 e. The first-order valence-corrected chi connectivity index (χ1v) is 13.6. The van der Waals surface area contributed by atoms with Gasteiger partial charge in [-0.05, 0) is 106 Å². The predicted octanol–water partition coefficient (Wildman–Crippen LogP) is 6.75. The number of hydrogen-bond acceptors (Lipinski definition) is 6. The molecule has 0 heterocycles. The molecule has 0 aliphatic rings. The standard InChI is InChI=1S/C27H26Br2ClN3O5/c1-4-36-23-9-7-18(12-24(23)37-5-2)27(35)33-31-14-17-10-20(28)26(21(29)11-17)38-15-25(34)32-19-8-6-16(3)22(30)13-19/h6-14H,4-5,15H2,1-3H3,(H,32,34)(H,33,35)/b31-14+. The number of nitrogens with zero attached hydrogens (tertiary/aromatic N) is 1. The van der Waals surface area contributed by atoms with Crippen molar-refractivity contribution in [3.8, 4) is 17.2 Å². The highest BCUT2D eigenvalue weighted by Gasteiger charge is 2.13. The molecule has 11 heteroatoms. The lowest BCUT2D eigenvalue weighted by Gasteiger charge is -2.12. The van der Waals surface area contributed by atoms with Gasteiger partial charge in [-0.2, -0.15) is 5.10 Å². The maximum atomic E-state index is 12.6. The van der Waals surface area contributed by atoms with Crippen LogP contribution in [0.5, 0.6) is 17.2 Å². The lowest BCUT2D eigenvalue weighted by atomic mass is 10.2. The van der Waals surface area contributed by atoms with Crippen LogP contribution >= 0.6 is 43.5 Å². The molecule has 0 saturated heterocycles. The molecule has 3 aromatic rings. The first kappa shape index (κ1) is 29.5. The van der Waals surface area contributed by atoms with Gasteiger partial charge in [-0.3, -0.25) is 9.59 Å². The van der Waals surface area contributed by atoms with E-state index in [4.69, 9.17) is 25.8 Å². The molecule has 0 saturated carbocycles. The zero-order valence-electron chi connectivity index (χ0n) is 20.9. The Hall–Kier alpha value is -3.08. The van der Waals surface area contributed by atoms with Gasteiger partial charge < -0.3 is 19.5 Å². The van der Waals surface area contributed by atoms with Gasteiger partial charge in [-0.15, -0.1) is 0 Å². The number of amides is 2. The van der Waals surface area contributed by atoms with Gasteiger partial charge in [0.25, 0.3) is 11.8 Å². The highest BCUT2D eigenvalue weighted by atomic mass is 79.9. The molecular weight excluding hydrogens is 642 g/mol. The predicted molar refractivity (Wildman–Crippen MR) is 156 cm³/mol. The first-order valence-electron chi connectivity index (χ1n) is 11.6. The van der Waals surface area contributed by atoms with Crippen LogP contribution in [0.25, 0.3) is 0 Å². The number of hydrogen-bond donors (Lipinski definition) is 2. The normalized spacial score (nSPS) is 10.8. The number of ether oxygens (including phenoxy) is 3. The summed E-state index contributed by atoms with van der Waals surface area (Å²) in [7, 11) is 0. The van der Waals surface area contributed by atoms with Crippen LogP contribution in [0, 0.1) is 6.92 Å². The van der Waals surface area contributed by atoms with Crippen molar-refractivity contribution in [2.75, 3.05) is 25.1 Å². The Labute approximate surface area is 242 Å². The van der Waals surface area contributed by atoms with Gasteiger partial charge in [0.1, 0.15) is 5.75 Å². The number of hydrazone groups is 1. The van der Waals surface area contributed by atoms with Gasteiger partial charge in [0.05, 0.1) is 28.4 Å². The van der Waals surface area contributed by atoms with Crippen molar-refractivity contribution in [1.82, 2.24) is 5.43 Å². The van der Waals surface area contributed by atoms with Crippen molar-refractivity contribution in [3.05, 3.63) is 79.2 Å². The number of rotatable bonds is 11. The summed E-state index contributed by atoms with van der Waals surface area (Å²) < 4.78 is 18.0. The molecular formula is C27H26Br2ClN3O5. The summed E-state index contributed by atoms with van der Waals surface area (Å²) >= 11 is 13.0. The van der Waals surface area contributed by atoms with Gasteiger partial charge in [0.2, 0.25) is 0 Å². The molecule has 0 aliphatic carbocycles. The van der Waals surface area contributed by atoms with Crippen molar-refractivity contribution >= 4 is 67.2 Å². The van der Waals surface area contributed by atoms with E-state index in [1.807, 2.05) is 26.8 Å². The monoisotopic (exact) mass is 665 g/mol. The van der Waals surface area contributed by atoms with Crippen LogP contribution in [0.15, 0.2) is 62.6 Å². The average molecular weight is 668 g/mol. The summed E-state index contributed by atoms with van der Waals surface area (Å²) in [5, 5.41) is 7.36. The molecule has 3 rings (SSSR count). The van der Waals surface area contributed by atoms with Crippen LogP contribution in [-0.4, -0.2) is 37.8 Å². The molecule has 0 fully saturated rings. The van der Waals surface area contributed by atoms with Crippen LogP contribution in [-0.2, 0) is 4.79 Å². The molecule has 0 aromatic heterocycles. The highest BCUT2D eigenvalue weighted by Crippen LogP contribution is 2.34. The maximum Gasteiger partial charge on any atom is 0.271 e. The molecule has 38 heavy (non-hydrogen) atoms. The first-order chi connectivity index (χ1) is 18.2. The fourth-order valence-corrected chi connectivity index (χ4v) is 4.85. The number of aryl methyl sites for hydroxylation is 1. The third-order valence-corrected chi connectivity index (χ3v) is 6.59. The Bertz CT molecular complexity index is 1330. The van der Waals surface area contributed by atoms with E-state index in [-0.39, 0.29) is 12.5 Å². The van der Waals surface area contributed by atoms with Gasteiger partial charge in [-0.1, -0.05) is 17.7 Å². The number of halogens is 3. The minimum atomic E-state index is -0.399. The van der Waals surface area contributed by atoms with E-state index in [0.717, 1.165) is 5.56 Å². The van der Waals surface area contributed by atoms with Crippen molar-refractivity contribution in [2.24, 2.45) is 5.10 Å². The van der Waals surface area contributed by atoms with Crippen LogP contribution in [0.3, 0.4) is 0 Å². The summed E-state index contributed by atoms with van der Waals surface area (Å²) in [5.74, 6) is 0.776. The molecule has 0 bridgehead atoms. The second-order valence-corrected chi connectivity index (χ2v) is 9.96. The minimum absolute atomic E-state index is 0.210. The van der Waals surface area contributed by atoms with E-state index in [2.05, 4.69) is 47.7 Å². The van der Waals surface area contributed by atoms with Crippen LogP contribution in [0.4, 0.5) is 5.69 Å². The number of benzene rings is 3. The Morgan fingerprint density at radius 2 is 1.63 bits per heavy atom. The van der Waals surface area contributed by atoms with Crippen LogP contribution in [0.1, 0.15) is 35.3 Å². The van der Waals surface area contributed by atoms with Crippen molar-refractivity contribution in [3.63, 3.8) is 0 Å². The lowest BCUT2D eigenvalue weighted by molar-refractivity contribution is -0.118. The third kappa shape index (κ3) is 8.21. The fraction of sp³-hybridized carbons (Fsp3) is 0.222. The number of anilines is 1. The summed E-state index contributed by atoms with van der Waals surface area (Å²) in [4.78, 5) is 24.9. The van der Waals surface area contributed by atoms with Crippen LogP contribution in [0.2, 0.25) is 5.02 Å². The third-order valence-electron chi connectivity index (χ3n) is 5.01. The van der Waals surface area contributed by atoms with Gasteiger partial charge >= 0.3 is 0 Å². The van der Waals surface area contributed by atoms with Gasteiger partial charge in [-0.25, -0.2) is 5.43 Å². The van der Waals surface area contributed by atoms with E-state index in [1.54, 1.807) is 42.5 Å². The van der Waals surface area contributed by atoms with E-state index < -0.39 is 5.91 Å². The smallest absolute Gasteiger partial charge is 0.271 e. The Kier molecular flexibility index (Phi) is 11.0. The van der Waals surface area contributed by atoms with E-state index in [1.165, 1.54) is 6.21 Å². The molecule has 2 amide bonds. The maximum absolute atomic E-state index is 12.6. The zero-order chi connectivity index (χ0) is 27.7. The van der Waals surface area contributed by atoms with E-state index in [9.17, 15) is 9.59 Å². The molecule has 3 aromatic carbocycles. The number of carbonyl (C=O) groups excluding carboxylic acids is 2. The number of nitrogens with one attached hydrogen (secondary N) is 2. The summed E-state index contributed by atoms with van der Waals surface area (Å²) in [6.07, 6.45) is 1.49. The van der Waals surface area contributed by atoms with E-state index in [0.29, 0.717) is 61.2 Å². The molecule has 0 aliphatic heterocycles. The van der Waals surface area contributed by atoms with Crippen molar-refractivity contribution in [2.45, 2.75) is 20.8 Å². The molecule has 0 atom stereocenters. The molecule has 200 valence electrons. The molecule has 8 nitrogen and oxygen atoms in total. The SMILES string of the molecule is CCOc1ccc(C(=O)N/N=C/c2cc(Br)c(OCC(=O)Nc3ccc(C)c(Cl)c3)c(Br)c2)cc1OCC. The Morgan fingerprint density at radius 1 is 0.947 bits per heavy atom. The lowest BCUT2D eigenvalue weighted by Crippen LogP contribution is -2.20. The van der Waals surface area contributed by atoms with Gasteiger partial charge in [0, 0.05) is 16.3 Å². The van der Waals surface area contributed by atoms with Crippen LogP contribution < -0.4 is 25.0 Å². The second-order valence-electron chi connectivity index (χ2n) is 7.84. The summed E-state index contributed by atoms with van der Waals surface area (Å²) in [6.45, 7) is 6.34. The number of carbonyl (C=O) groups is 2. The highest BCUT2D eigenvalue weighted by molar-refractivity contribution is 9.11. The quantitative estimate of drug-likeness (QED) is 0.174. The summed E-state index contributed by atoms with van der Waals surface area (Å²) in [6, 6.07) is 13.7.